The second-order valence-electron chi connectivity index (χ2n) is 5.84. The van der Waals surface area contributed by atoms with E-state index in [-0.39, 0.29) is 24.9 Å². The van der Waals surface area contributed by atoms with Gasteiger partial charge in [0.25, 0.3) is 0 Å². The number of hydrogen-bond donors (Lipinski definition) is 2. The molecule has 0 saturated carbocycles. The molecule has 1 unspecified atom stereocenters. The molecule has 0 bridgehead atoms. The van der Waals surface area contributed by atoms with E-state index in [0.717, 1.165) is 9.75 Å². The summed E-state index contributed by atoms with van der Waals surface area (Å²) in [4.78, 5) is 18.1. The number of carbonyl (C=O) groups is 1. The number of aromatic nitrogens is 1. The van der Waals surface area contributed by atoms with Crippen molar-refractivity contribution in [2.45, 2.75) is 26.3 Å². The van der Waals surface area contributed by atoms with Crippen LogP contribution in [-0.2, 0) is 16.0 Å². The molecule has 0 amide bonds. The second kappa shape index (κ2) is 8.43. The highest BCUT2D eigenvalue weighted by atomic mass is 32.1. The molecule has 0 radical (unpaired) electrons. The molecule has 0 aliphatic heterocycles. The average Bonchev–Trinajstić information content (AvgIpc) is 3.29. The minimum Gasteiger partial charge on any atom is -0.466 e. The van der Waals surface area contributed by atoms with Gasteiger partial charge in [-0.3, -0.25) is 4.79 Å². The SMILES string of the molecule is CCOC(=O)Cc1nc(-c2ccc(F)cc2)oc1-c1ccc(C(C)NO)s1. The molecule has 8 heteroatoms. The van der Waals surface area contributed by atoms with Crippen molar-refractivity contribution >= 4 is 17.3 Å². The van der Waals surface area contributed by atoms with E-state index < -0.39 is 5.97 Å². The van der Waals surface area contributed by atoms with Crippen LogP contribution in [0.2, 0.25) is 0 Å². The van der Waals surface area contributed by atoms with E-state index in [2.05, 4.69) is 10.5 Å². The molecule has 0 aliphatic rings. The quantitative estimate of drug-likeness (QED) is 0.461. The molecular formula is C19H19FN2O4S. The van der Waals surface area contributed by atoms with E-state index in [1.165, 1.54) is 23.5 Å². The minimum atomic E-state index is -0.403. The molecule has 2 heterocycles. The number of thiophene rings is 1. The Bertz CT molecular complexity index is 920. The van der Waals surface area contributed by atoms with Crippen molar-refractivity contribution in [2.24, 2.45) is 0 Å². The van der Waals surface area contributed by atoms with E-state index in [1.54, 1.807) is 19.1 Å². The largest absolute Gasteiger partial charge is 0.466 e. The molecular weight excluding hydrogens is 371 g/mol. The highest BCUT2D eigenvalue weighted by molar-refractivity contribution is 7.15. The van der Waals surface area contributed by atoms with Gasteiger partial charge in [0.2, 0.25) is 5.89 Å². The number of rotatable bonds is 7. The third-order valence-electron chi connectivity index (χ3n) is 3.88. The van der Waals surface area contributed by atoms with Crippen LogP contribution < -0.4 is 5.48 Å². The molecule has 3 rings (SSSR count). The average molecular weight is 390 g/mol. The number of hydroxylamine groups is 1. The summed E-state index contributed by atoms with van der Waals surface area (Å²) in [5.41, 5.74) is 3.26. The lowest BCUT2D eigenvalue weighted by molar-refractivity contribution is -0.142. The summed E-state index contributed by atoms with van der Waals surface area (Å²) in [5.74, 6) is 0.00175. The number of halogens is 1. The number of carbonyl (C=O) groups excluding carboxylic acids is 1. The molecule has 0 aliphatic carbocycles. The molecule has 0 spiro atoms. The Balaban J connectivity index is 2.00. The highest BCUT2D eigenvalue weighted by Gasteiger charge is 2.21. The molecule has 27 heavy (non-hydrogen) atoms. The molecule has 3 aromatic rings. The van der Waals surface area contributed by atoms with Gasteiger partial charge in [-0.1, -0.05) is 0 Å². The fourth-order valence-electron chi connectivity index (χ4n) is 2.50. The summed E-state index contributed by atoms with van der Waals surface area (Å²) < 4.78 is 24.1. The summed E-state index contributed by atoms with van der Waals surface area (Å²) in [7, 11) is 0. The third kappa shape index (κ3) is 4.41. The van der Waals surface area contributed by atoms with Crippen LogP contribution in [0, 0.1) is 5.82 Å². The highest BCUT2D eigenvalue weighted by Crippen LogP contribution is 2.36. The van der Waals surface area contributed by atoms with E-state index in [9.17, 15) is 9.18 Å². The van der Waals surface area contributed by atoms with Crippen LogP contribution in [-0.4, -0.2) is 22.8 Å². The smallest absolute Gasteiger partial charge is 0.312 e. The minimum absolute atomic E-state index is 0.0328. The molecule has 1 aromatic carbocycles. The van der Waals surface area contributed by atoms with E-state index in [1.807, 2.05) is 19.1 Å². The predicted octanol–water partition coefficient (Wildman–Crippen LogP) is 4.35. The van der Waals surface area contributed by atoms with Crippen LogP contribution in [0.25, 0.3) is 22.1 Å². The normalized spacial score (nSPS) is 12.1. The first-order valence-corrected chi connectivity index (χ1v) is 9.24. The van der Waals surface area contributed by atoms with Crippen LogP contribution in [0.15, 0.2) is 40.8 Å². The Morgan fingerprint density at radius 2 is 2.07 bits per heavy atom. The van der Waals surface area contributed by atoms with E-state index in [0.29, 0.717) is 22.9 Å². The summed E-state index contributed by atoms with van der Waals surface area (Å²) in [6, 6.07) is 9.24. The zero-order valence-electron chi connectivity index (χ0n) is 14.9. The Morgan fingerprint density at radius 3 is 2.74 bits per heavy atom. The fourth-order valence-corrected chi connectivity index (χ4v) is 3.51. The van der Waals surface area contributed by atoms with Crippen LogP contribution in [0.3, 0.4) is 0 Å². The van der Waals surface area contributed by atoms with Gasteiger partial charge in [-0.15, -0.1) is 11.3 Å². The van der Waals surface area contributed by atoms with E-state index in [4.69, 9.17) is 14.4 Å². The van der Waals surface area contributed by atoms with Crippen molar-refractivity contribution in [3.63, 3.8) is 0 Å². The Morgan fingerprint density at radius 1 is 1.33 bits per heavy atom. The monoisotopic (exact) mass is 390 g/mol. The second-order valence-corrected chi connectivity index (χ2v) is 6.95. The number of nitrogens with zero attached hydrogens (tertiary/aromatic N) is 1. The van der Waals surface area contributed by atoms with Gasteiger partial charge in [0.05, 0.1) is 29.6 Å². The lowest BCUT2D eigenvalue weighted by atomic mass is 10.2. The number of hydrogen-bond acceptors (Lipinski definition) is 7. The van der Waals surface area contributed by atoms with Gasteiger partial charge < -0.3 is 14.4 Å². The predicted molar refractivity (Wildman–Crippen MR) is 98.9 cm³/mol. The van der Waals surface area contributed by atoms with Gasteiger partial charge in [0.1, 0.15) is 5.82 Å². The molecule has 2 aromatic heterocycles. The zero-order chi connectivity index (χ0) is 19.4. The molecule has 142 valence electrons. The first-order valence-electron chi connectivity index (χ1n) is 8.42. The maximum atomic E-state index is 13.2. The van der Waals surface area contributed by atoms with Gasteiger partial charge in [-0.2, -0.15) is 5.48 Å². The van der Waals surface area contributed by atoms with Crippen LogP contribution in [0.5, 0.6) is 0 Å². The summed E-state index contributed by atoms with van der Waals surface area (Å²) in [6.45, 7) is 3.83. The first kappa shape index (κ1) is 19.2. The molecule has 0 saturated heterocycles. The van der Waals surface area contributed by atoms with Gasteiger partial charge in [0.15, 0.2) is 5.76 Å². The lowest BCUT2D eigenvalue weighted by Crippen LogP contribution is -2.11. The lowest BCUT2D eigenvalue weighted by Gasteiger charge is -2.04. The van der Waals surface area contributed by atoms with Gasteiger partial charge in [-0.25, -0.2) is 9.37 Å². The van der Waals surface area contributed by atoms with E-state index >= 15 is 0 Å². The molecule has 2 N–H and O–H groups in total. The van der Waals surface area contributed by atoms with Gasteiger partial charge in [0, 0.05) is 10.4 Å². The Hall–Kier alpha value is -2.55. The van der Waals surface area contributed by atoms with Crippen molar-refractivity contribution in [1.82, 2.24) is 10.5 Å². The van der Waals surface area contributed by atoms with Crippen LogP contribution >= 0.6 is 11.3 Å². The standard InChI is InChI=1S/C19H19FN2O4S/c1-3-25-17(23)10-14-18(16-9-8-15(27-16)11(2)22-24)26-19(21-14)12-4-6-13(20)7-5-12/h4-9,11,22,24H,3,10H2,1-2H3. The molecule has 6 nitrogen and oxygen atoms in total. The summed E-state index contributed by atoms with van der Waals surface area (Å²) in [6.07, 6.45) is -0.0328. The Labute approximate surface area is 159 Å². The third-order valence-corrected chi connectivity index (χ3v) is 5.14. The molecule has 1 atom stereocenters. The fraction of sp³-hybridized carbons (Fsp3) is 0.263. The maximum Gasteiger partial charge on any atom is 0.312 e. The van der Waals surface area contributed by atoms with Gasteiger partial charge >= 0.3 is 5.97 Å². The summed E-state index contributed by atoms with van der Waals surface area (Å²) >= 11 is 1.42. The number of esters is 1. The van der Waals surface area contributed by atoms with Crippen molar-refractivity contribution in [1.29, 1.82) is 0 Å². The summed E-state index contributed by atoms with van der Waals surface area (Å²) in [5, 5.41) is 9.10. The topological polar surface area (TPSA) is 84.6 Å². The van der Waals surface area contributed by atoms with Crippen molar-refractivity contribution < 1.29 is 23.5 Å². The van der Waals surface area contributed by atoms with Crippen LogP contribution in [0.4, 0.5) is 4.39 Å². The number of benzene rings is 1. The number of ether oxygens (including phenoxy) is 1. The van der Waals surface area contributed by atoms with Crippen molar-refractivity contribution in [2.75, 3.05) is 6.61 Å². The number of nitrogens with one attached hydrogen (secondary N) is 1. The van der Waals surface area contributed by atoms with Crippen molar-refractivity contribution in [3.05, 3.63) is 52.8 Å². The maximum absolute atomic E-state index is 13.2. The first-order chi connectivity index (χ1) is 13.0. The molecule has 0 fully saturated rings. The zero-order valence-corrected chi connectivity index (χ0v) is 15.7. The number of oxazole rings is 1. The van der Waals surface area contributed by atoms with Crippen LogP contribution in [0.1, 0.15) is 30.5 Å². The van der Waals surface area contributed by atoms with Gasteiger partial charge in [-0.05, 0) is 50.2 Å². The Kier molecular flexibility index (Phi) is 6.00. The van der Waals surface area contributed by atoms with Crippen molar-refractivity contribution in [3.8, 4) is 22.1 Å².